The van der Waals surface area contributed by atoms with Gasteiger partial charge < -0.3 is 19.5 Å². The highest BCUT2D eigenvalue weighted by atomic mass is 35.5. The van der Waals surface area contributed by atoms with Crippen LogP contribution in [0.4, 0.5) is 5.95 Å². The number of hydrogen-bond acceptors (Lipinski definition) is 8. The molecular weight excluding hydrogens is 434 g/mol. The third-order valence-electron chi connectivity index (χ3n) is 5.04. The Morgan fingerprint density at radius 2 is 2.00 bits per heavy atom. The molecule has 0 saturated heterocycles. The zero-order valence-electron chi connectivity index (χ0n) is 17.8. The quantitative estimate of drug-likeness (QED) is 0.537. The van der Waals surface area contributed by atoms with Crippen LogP contribution in [0.15, 0.2) is 53.7 Å². The van der Waals surface area contributed by atoms with Gasteiger partial charge in [-0.25, -0.2) is 4.79 Å². The number of rotatable bonds is 7. The van der Waals surface area contributed by atoms with Crippen LogP contribution < -0.4 is 14.8 Å². The minimum Gasteiger partial charge on any atom is -0.490 e. The average Bonchev–Trinajstić information content (AvgIpc) is 3.26. The molecule has 2 heterocycles. The Hall–Kier alpha value is -3.59. The third-order valence-corrected chi connectivity index (χ3v) is 5.41. The topological polar surface area (TPSA) is 100 Å². The normalized spacial score (nSPS) is 15.1. The van der Waals surface area contributed by atoms with Crippen molar-refractivity contribution in [1.29, 1.82) is 0 Å². The summed E-state index contributed by atoms with van der Waals surface area (Å²) >= 11 is 6.24. The molecule has 0 amide bonds. The van der Waals surface area contributed by atoms with Crippen molar-refractivity contribution < 1.29 is 19.0 Å². The van der Waals surface area contributed by atoms with Crippen molar-refractivity contribution in [3.63, 3.8) is 0 Å². The molecule has 1 aromatic heterocycles. The number of fused-ring (bicyclic) bond motifs is 1. The fraction of sp³-hybridized carbons (Fsp3) is 0.273. The monoisotopic (exact) mass is 455 g/mol. The van der Waals surface area contributed by atoms with Crippen LogP contribution in [0.25, 0.3) is 0 Å². The number of aromatic nitrogens is 4. The van der Waals surface area contributed by atoms with Crippen LogP contribution in [-0.2, 0) is 16.1 Å². The minimum absolute atomic E-state index is 0.288. The maximum absolute atomic E-state index is 12.6. The number of anilines is 1. The second-order valence-electron chi connectivity index (χ2n) is 7.02. The molecule has 1 atom stereocenters. The number of carbonyl (C=O) groups excluding carboxylic acids is 1. The fourth-order valence-electron chi connectivity index (χ4n) is 3.55. The molecule has 0 saturated carbocycles. The van der Waals surface area contributed by atoms with Crippen LogP contribution >= 0.6 is 11.6 Å². The SMILES string of the molecule is CCOc1cc(C2C(C(=O)OC)=C(C)Nc3nnnn32)ccc1OCc1ccccc1Cl. The Kier molecular flexibility index (Phi) is 6.27. The molecule has 1 aliphatic rings. The largest absolute Gasteiger partial charge is 0.490 e. The molecule has 0 spiro atoms. The summed E-state index contributed by atoms with van der Waals surface area (Å²) in [5.74, 6) is 1.05. The maximum Gasteiger partial charge on any atom is 0.338 e. The van der Waals surface area contributed by atoms with Gasteiger partial charge in [0.1, 0.15) is 12.6 Å². The number of allylic oxidation sites excluding steroid dienone is 1. The van der Waals surface area contributed by atoms with E-state index in [0.29, 0.717) is 40.3 Å². The lowest BCUT2D eigenvalue weighted by Crippen LogP contribution is -2.29. The van der Waals surface area contributed by atoms with E-state index in [1.54, 1.807) is 13.0 Å². The van der Waals surface area contributed by atoms with E-state index >= 15 is 0 Å². The number of carbonyl (C=O) groups is 1. The van der Waals surface area contributed by atoms with Crippen LogP contribution in [0, 0.1) is 0 Å². The van der Waals surface area contributed by atoms with Crippen molar-refractivity contribution in [2.24, 2.45) is 0 Å². The van der Waals surface area contributed by atoms with Crippen molar-refractivity contribution in [2.75, 3.05) is 19.0 Å². The lowest BCUT2D eigenvalue weighted by Gasteiger charge is -2.27. The lowest BCUT2D eigenvalue weighted by molar-refractivity contribution is -0.136. The van der Waals surface area contributed by atoms with Crippen LogP contribution in [0.2, 0.25) is 5.02 Å². The Morgan fingerprint density at radius 1 is 1.19 bits per heavy atom. The first-order chi connectivity index (χ1) is 15.5. The Balaban J connectivity index is 1.71. The van der Waals surface area contributed by atoms with Crippen molar-refractivity contribution in [3.05, 3.63) is 69.9 Å². The van der Waals surface area contributed by atoms with Gasteiger partial charge in [-0.2, -0.15) is 4.68 Å². The smallest absolute Gasteiger partial charge is 0.338 e. The highest BCUT2D eigenvalue weighted by molar-refractivity contribution is 6.31. The molecule has 1 N–H and O–H groups in total. The zero-order valence-corrected chi connectivity index (χ0v) is 18.6. The molecule has 1 unspecified atom stereocenters. The highest BCUT2D eigenvalue weighted by Crippen LogP contribution is 2.39. The summed E-state index contributed by atoms with van der Waals surface area (Å²) in [5.41, 5.74) is 2.62. The number of ether oxygens (including phenoxy) is 3. The number of nitrogens with zero attached hydrogens (tertiary/aromatic N) is 4. The standard InChI is InChI=1S/C22H22ClN5O4/c1-4-31-18-11-14(9-10-17(18)32-12-15-7-5-6-8-16(15)23)20-19(21(29)30-3)13(2)24-22-25-26-27-28(20)22/h5-11,20H,4,12H2,1-3H3,(H,24,25,27). The van der Waals surface area contributed by atoms with Crippen molar-refractivity contribution >= 4 is 23.5 Å². The molecule has 0 bridgehead atoms. The molecule has 1 aliphatic heterocycles. The predicted molar refractivity (Wildman–Crippen MR) is 118 cm³/mol. The lowest BCUT2D eigenvalue weighted by atomic mass is 9.95. The predicted octanol–water partition coefficient (Wildman–Crippen LogP) is 3.77. The first-order valence-electron chi connectivity index (χ1n) is 10.00. The second-order valence-corrected chi connectivity index (χ2v) is 7.43. The second kappa shape index (κ2) is 9.27. The average molecular weight is 456 g/mol. The summed E-state index contributed by atoms with van der Waals surface area (Å²) in [6.07, 6.45) is 0. The molecule has 0 aliphatic carbocycles. The first-order valence-corrected chi connectivity index (χ1v) is 10.4. The van der Waals surface area contributed by atoms with Crippen LogP contribution in [-0.4, -0.2) is 39.9 Å². The molecule has 2 aromatic carbocycles. The van der Waals surface area contributed by atoms with Gasteiger partial charge in [0.15, 0.2) is 11.5 Å². The van der Waals surface area contributed by atoms with Gasteiger partial charge in [-0.1, -0.05) is 41.0 Å². The summed E-state index contributed by atoms with van der Waals surface area (Å²) in [4.78, 5) is 12.6. The van der Waals surface area contributed by atoms with Crippen LogP contribution in [0.5, 0.6) is 11.5 Å². The number of benzene rings is 2. The molecule has 166 valence electrons. The Labute approximate surface area is 189 Å². The molecule has 0 fully saturated rings. The summed E-state index contributed by atoms with van der Waals surface area (Å²) < 4.78 is 18.4. The summed E-state index contributed by atoms with van der Waals surface area (Å²) in [6, 6.07) is 12.4. The number of hydrogen-bond donors (Lipinski definition) is 1. The van der Waals surface area contributed by atoms with Gasteiger partial charge in [-0.05, 0) is 48.0 Å². The summed E-state index contributed by atoms with van der Waals surface area (Å²) in [6.45, 7) is 4.39. The molecule has 3 aromatic rings. The van der Waals surface area contributed by atoms with Gasteiger partial charge in [-0.15, -0.1) is 0 Å². The van der Waals surface area contributed by atoms with Crippen molar-refractivity contribution in [1.82, 2.24) is 20.2 Å². The molecule has 10 heteroatoms. The molecule has 0 radical (unpaired) electrons. The van der Waals surface area contributed by atoms with E-state index in [1.807, 2.05) is 43.3 Å². The van der Waals surface area contributed by atoms with Gasteiger partial charge >= 0.3 is 5.97 Å². The van der Waals surface area contributed by atoms with Gasteiger partial charge in [0, 0.05) is 16.3 Å². The maximum atomic E-state index is 12.6. The van der Waals surface area contributed by atoms with Gasteiger partial charge in [-0.3, -0.25) is 0 Å². The van der Waals surface area contributed by atoms with E-state index in [2.05, 4.69) is 20.8 Å². The van der Waals surface area contributed by atoms with E-state index in [-0.39, 0.29) is 6.61 Å². The van der Waals surface area contributed by atoms with Crippen molar-refractivity contribution in [2.45, 2.75) is 26.5 Å². The van der Waals surface area contributed by atoms with E-state index < -0.39 is 12.0 Å². The Morgan fingerprint density at radius 3 is 2.75 bits per heavy atom. The Bertz CT molecular complexity index is 1180. The van der Waals surface area contributed by atoms with E-state index in [4.69, 9.17) is 25.8 Å². The highest BCUT2D eigenvalue weighted by Gasteiger charge is 2.35. The van der Waals surface area contributed by atoms with Crippen LogP contribution in [0.3, 0.4) is 0 Å². The number of tetrazole rings is 1. The van der Waals surface area contributed by atoms with E-state index in [0.717, 1.165) is 11.1 Å². The van der Waals surface area contributed by atoms with Gasteiger partial charge in [0.05, 0.1) is 19.3 Å². The third kappa shape index (κ3) is 4.11. The number of nitrogens with one attached hydrogen (secondary N) is 1. The molecule has 4 rings (SSSR count). The van der Waals surface area contributed by atoms with Crippen molar-refractivity contribution in [3.8, 4) is 11.5 Å². The number of esters is 1. The van der Waals surface area contributed by atoms with E-state index in [9.17, 15) is 4.79 Å². The van der Waals surface area contributed by atoms with Crippen LogP contribution in [0.1, 0.15) is 31.0 Å². The number of halogens is 1. The summed E-state index contributed by atoms with van der Waals surface area (Å²) in [5, 5.41) is 15.5. The minimum atomic E-state index is -0.592. The summed E-state index contributed by atoms with van der Waals surface area (Å²) in [7, 11) is 1.34. The molecule has 9 nitrogen and oxygen atoms in total. The molecule has 32 heavy (non-hydrogen) atoms. The first kappa shape index (κ1) is 21.6. The van der Waals surface area contributed by atoms with Gasteiger partial charge in [0.2, 0.25) is 5.95 Å². The fourth-order valence-corrected chi connectivity index (χ4v) is 3.74. The zero-order chi connectivity index (χ0) is 22.7. The molecular formula is C22H22ClN5O4. The number of methoxy groups -OCH3 is 1. The van der Waals surface area contributed by atoms with Gasteiger partial charge in [0.25, 0.3) is 0 Å². The van der Waals surface area contributed by atoms with E-state index in [1.165, 1.54) is 11.8 Å².